The number of aliphatic hydroxyl groups is 1. The highest BCUT2D eigenvalue weighted by Crippen LogP contribution is 2.08. The van der Waals surface area contributed by atoms with Gasteiger partial charge in [-0.2, -0.15) is 12.6 Å². The predicted molar refractivity (Wildman–Crippen MR) is 57.7 cm³/mol. The van der Waals surface area contributed by atoms with Gasteiger partial charge in [-0.05, 0) is 23.8 Å². The van der Waals surface area contributed by atoms with E-state index in [1.807, 2.05) is 0 Å². The van der Waals surface area contributed by atoms with Gasteiger partial charge < -0.3 is 5.11 Å². The van der Waals surface area contributed by atoms with Crippen LogP contribution in [-0.4, -0.2) is 10.9 Å². The van der Waals surface area contributed by atoms with Crippen LogP contribution in [0.1, 0.15) is 17.5 Å². The molecule has 1 rings (SSSR count). The second kappa shape index (κ2) is 5.69. The van der Waals surface area contributed by atoms with E-state index in [0.717, 1.165) is 0 Å². The molecule has 0 saturated heterocycles. The summed E-state index contributed by atoms with van der Waals surface area (Å²) < 4.78 is 12.9. The lowest BCUT2D eigenvalue weighted by atomic mass is 10.1. The van der Waals surface area contributed by atoms with Crippen LogP contribution in [0.25, 0.3) is 0 Å². The molecular weight excluding hydrogens is 199 g/mol. The molecule has 0 spiro atoms. The molecule has 1 nitrogen and oxygen atoms in total. The summed E-state index contributed by atoms with van der Waals surface area (Å²) in [4.78, 5) is 0. The predicted octanol–water partition coefficient (Wildman–Crippen LogP) is 1.99. The zero-order valence-corrected chi connectivity index (χ0v) is 8.52. The number of aliphatic hydroxyl groups excluding tert-OH is 1. The Hall–Kier alpha value is -0.980. The molecule has 1 aromatic carbocycles. The molecule has 0 amide bonds. The zero-order valence-electron chi connectivity index (χ0n) is 7.63. The monoisotopic (exact) mass is 210 g/mol. The van der Waals surface area contributed by atoms with Crippen LogP contribution in [0.5, 0.6) is 0 Å². The summed E-state index contributed by atoms with van der Waals surface area (Å²) in [6.45, 7) is -0.168. The number of hydrogen-bond acceptors (Lipinski definition) is 2. The average Bonchev–Trinajstić information content (AvgIpc) is 2.17. The Kier molecular flexibility index (Phi) is 4.51. The van der Waals surface area contributed by atoms with Gasteiger partial charge in [0.25, 0.3) is 0 Å². The molecule has 74 valence electrons. The van der Waals surface area contributed by atoms with Gasteiger partial charge in [0.1, 0.15) is 5.82 Å². The van der Waals surface area contributed by atoms with Gasteiger partial charge in [0.2, 0.25) is 0 Å². The van der Waals surface area contributed by atoms with E-state index in [-0.39, 0.29) is 12.4 Å². The summed E-state index contributed by atoms with van der Waals surface area (Å²) in [5.41, 5.74) is 1.14. The summed E-state index contributed by atoms with van der Waals surface area (Å²) in [7, 11) is 0. The minimum Gasteiger partial charge on any atom is -0.392 e. The maximum absolute atomic E-state index is 12.9. The second-order valence-electron chi connectivity index (χ2n) is 2.78. The van der Waals surface area contributed by atoms with Crippen molar-refractivity contribution in [2.45, 2.75) is 13.0 Å². The van der Waals surface area contributed by atoms with Crippen LogP contribution in [0.3, 0.4) is 0 Å². The zero-order chi connectivity index (χ0) is 10.4. The van der Waals surface area contributed by atoms with Crippen molar-refractivity contribution in [1.82, 2.24) is 0 Å². The van der Waals surface area contributed by atoms with Crippen molar-refractivity contribution in [3.8, 4) is 11.8 Å². The van der Waals surface area contributed by atoms with Crippen molar-refractivity contribution in [3.63, 3.8) is 0 Å². The fourth-order valence-corrected chi connectivity index (χ4v) is 1.15. The van der Waals surface area contributed by atoms with Crippen molar-refractivity contribution in [1.29, 1.82) is 0 Å². The highest BCUT2D eigenvalue weighted by molar-refractivity contribution is 7.80. The number of rotatable bonds is 2. The molecule has 0 unspecified atom stereocenters. The first-order valence-electron chi connectivity index (χ1n) is 4.26. The molecule has 0 aromatic heterocycles. The van der Waals surface area contributed by atoms with E-state index in [4.69, 9.17) is 5.11 Å². The summed E-state index contributed by atoms with van der Waals surface area (Å²) in [6.07, 6.45) is 0.675. The molecule has 1 aromatic rings. The number of hydrogen-bond donors (Lipinski definition) is 2. The molecule has 0 saturated carbocycles. The molecule has 0 aliphatic carbocycles. The molecule has 14 heavy (non-hydrogen) atoms. The van der Waals surface area contributed by atoms with Crippen LogP contribution < -0.4 is 0 Å². The summed E-state index contributed by atoms with van der Waals surface area (Å²) in [5.74, 6) is 5.99. The van der Waals surface area contributed by atoms with E-state index in [0.29, 0.717) is 23.3 Å². The Labute approximate surface area is 88.4 Å². The van der Waals surface area contributed by atoms with Crippen LogP contribution in [0.2, 0.25) is 0 Å². The second-order valence-corrected chi connectivity index (χ2v) is 3.23. The maximum Gasteiger partial charge on any atom is 0.124 e. The normalized spacial score (nSPS) is 9.36. The van der Waals surface area contributed by atoms with Crippen molar-refractivity contribution in [3.05, 3.63) is 35.1 Å². The third-order valence-corrected chi connectivity index (χ3v) is 1.83. The Bertz CT molecular complexity index is 365. The summed E-state index contributed by atoms with van der Waals surface area (Å²) in [5, 5.41) is 8.83. The Morgan fingerprint density at radius 2 is 2.14 bits per heavy atom. The van der Waals surface area contributed by atoms with Crippen LogP contribution in [0, 0.1) is 17.7 Å². The highest BCUT2D eigenvalue weighted by atomic mass is 32.1. The molecule has 0 bridgehead atoms. The Morgan fingerprint density at radius 1 is 1.36 bits per heavy atom. The first kappa shape index (κ1) is 11.1. The van der Waals surface area contributed by atoms with Crippen LogP contribution in [0.15, 0.2) is 18.2 Å². The SMILES string of the molecule is OCc1cc(F)cc(C#CCCS)c1. The Morgan fingerprint density at radius 3 is 2.79 bits per heavy atom. The first-order chi connectivity index (χ1) is 6.76. The standard InChI is InChI=1S/C11H11FOS/c12-11-6-9(3-1-2-4-14)5-10(7-11)8-13/h5-7,13-14H,2,4,8H2. The lowest BCUT2D eigenvalue weighted by Crippen LogP contribution is -1.87. The quantitative estimate of drug-likeness (QED) is 0.565. The van der Waals surface area contributed by atoms with Gasteiger partial charge in [0.05, 0.1) is 6.61 Å². The van der Waals surface area contributed by atoms with Gasteiger partial charge in [-0.25, -0.2) is 4.39 Å². The number of thiol groups is 1. The van der Waals surface area contributed by atoms with Gasteiger partial charge in [0.15, 0.2) is 0 Å². The summed E-state index contributed by atoms with van der Waals surface area (Å²) >= 11 is 4.01. The van der Waals surface area contributed by atoms with Crippen molar-refractivity contribution < 1.29 is 9.50 Å². The fourth-order valence-electron chi connectivity index (χ4n) is 1.03. The van der Waals surface area contributed by atoms with E-state index >= 15 is 0 Å². The third-order valence-electron chi connectivity index (χ3n) is 1.61. The largest absolute Gasteiger partial charge is 0.392 e. The van der Waals surface area contributed by atoms with E-state index in [1.54, 1.807) is 6.07 Å². The summed E-state index contributed by atoms with van der Waals surface area (Å²) in [6, 6.07) is 4.32. The minimum absolute atomic E-state index is 0.168. The molecule has 1 N–H and O–H groups in total. The first-order valence-corrected chi connectivity index (χ1v) is 4.89. The van der Waals surface area contributed by atoms with Gasteiger partial charge in [-0.1, -0.05) is 11.8 Å². The average molecular weight is 210 g/mol. The number of benzene rings is 1. The molecule has 0 atom stereocenters. The topological polar surface area (TPSA) is 20.2 Å². The molecular formula is C11H11FOS. The van der Waals surface area contributed by atoms with Crippen molar-refractivity contribution in [2.24, 2.45) is 0 Å². The molecule has 0 aliphatic rings. The van der Waals surface area contributed by atoms with Gasteiger partial charge in [-0.15, -0.1) is 0 Å². The third kappa shape index (κ3) is 3.41. The Balaban J connectivity index is 2.88. The van der Waals surface area contributed by atoms with Gasteiger partial charge in [0, 0.05) is 17.7 Å². The minimum atomic E-state index is -0.369. The van der Waals surface area contributed by atoms with E-state index in [2.05, 4.69) is 24.5 Å². The van der Waals surface area contributed by atoms with Gasteiger partial charge in [-0.3, -0.25) is 0 Å². The molecule has 3 heteroatoms. The van der Waals surface area contributed by atoms with E-state index < -0.39 is 0 Å². The molecule has 0 heterocycles. The highest BCUT2D eigenvalue weighted by Gasteiger charge is 1.97. The molecule has 0 fully saturated rings. The lowest BCUT2D eigenvalue weighted by molar-refractivity contribution is 0.281. The fraction of sp³-hybridized carbons (Fsp3) is 0.273. The lowest BCUT2D eigenvalue weighted by Gasteiger charge is -1.97. The van der Waals surface area contributed by atoms with Crippen molar-refractivity contribution >= 4 is 12.6 Å². The van der Waals surface area contributed by atoms with Gasteiger partial charge >= 0.3 is 0 Å². The number of halogens is 1. The molecule has 0 aliphatic heterocycles. The van der Waals surface area contributed by atoms with Crippen LogP contribution in [0.4, 0.5) is 4.39 Å². The van der Waals surface area contributed by atoms with Crippen molar-refractivity contribution in [2.75, 3.05) is 5.75 Å². The van der Waals surface area contributed by atoms with Crippen LogP contribution >= 0.6 is 12.6 Å². The smallest absolute Gasteiger partial charge is 0.124 e. The van der Waals surface area contributed by atoms with E-state index in [9.17, 15) is 4.39 Å². The van der Waals surface area contributed by atoms with Crippen LogP contribution in [-0.2, 0) is 6.61 Å². The maximum atomic E-state index is 12.9. The molecule has 0 radical (unpaired) electrons. The van der Waals surface area contributed by atoms with E-state index in [1.165, 1.54) is 12.1 Å².